The van der Waals surface area contributed by atoms with Crippen LogP contribution in [-0.2, 0) is 17.8 Å². The van der Waals surface area contributed by atoms with Gasteiger partial charge in [0.25, 0.3) is 0 Å². The third kappa shape index (κ3) is 4.85. The van der Waals surface area contributed by atoms with Crippen molar-refractivity contribution in [3.05, 3.63) is 58.9 Å². The number of rotatable bonds is 7. The van der Waals surface area contributed by atoms with E-state index >= 15 is 0 Å². The summed E-state index contributed by atoms with van der Waals surface area (Å²) in [4.78, 5) is 14.0. The largest absolute Gasteiger partial charge is 0.493 e. The molecular weight excluding hydrogens is 395 g/mol. The van der Waals surface area contributed by atoms with E-state index in [-0.39, 0.29) is 23.7 Å². The third-order valence-electron chi connectivity index (χ3n) is 6.76. The Hall–Kier alpha value is -2.60. The molecule has 166 valence electrons. The quantitative estimate of drug-likeness (QED) is 0.715. The van der Waals surface area contributed by atoms with Gasteiger partial charge in [-0.25, -0.2) is 4.39 Å². The lowest BCUT2D eigenvalue weighted by molar-refractivity contribution is -0.945. The fraction of sp³-hybridized carbons (Fsp3) is 0.480. The molecule has 6 heteroatoms. The van der Waals surface area contributed by atoms with Gasteiger partial charge in [0.1, 0.15) is 18.4 Å². The number of amides is 1. The van der Waals surface area contributed by atoms with E-state index in [0.29, 0.717) is 18.8 Å². The summed E-state index contributed by atoms with van der Waals surface area (Å²) in [5, 5.41) is 3.22. The van der Waals surface area contributed by atoms with E-state index in [9.17, 15) is 9.18 Å². The Labute approximate surface area is 183 Å². The van der Waals surface area contributed by atoms with Gasteiger partial charge in [-0.1, -0.05) is 25.0 Å². The van der Waals surface area contributed by atoms with Gasteiger partial charge in [-0.05, 0) is 42.7 Å². The first-order valence-corrected chi connectivity index (χ1v) is 11.2. The van der Waals surface area contributed by atoms with Gasteiger partial charge in [0.05, 0.1) is 27.3 Å². The van der Waals surface area contributed by atoms with E-state index in [1.54, 1.807) is 26.4 Å². The zero-order chi connectivity index (χ0) is 21.8. The first-order valence-electron chi connectivity index (χ1n) is 11.2. The zero-order valence-corrected chi connectivity index (χ0v) is 18.4. The van der Waals surface area contributed by atoms with Crippen LogP contribution in [0.2, 0.25) is 0 Å². The van der Waals surface area contributed by atoms with E-state index in [1.165, 1.54) is 22.1 Å². The molecule has 0 radical (unpaired) electrons. The molecule has 0 saturated heterocycles. The SMILES string of the molecule is COc1cc2c(cc1OC)[C@@H](CNC(=O)C1CCCC1)[NH+](Cc1cccc(F)c1)CC2. The number of quaternary nitrogens is 1. The average Bonchev–Trinajstić information content (AvgIpc) is 3.32. The van der Waals surface area contributed by atoms with Gasteiger partial charge in [0, 0.05) is 23.5 Å². The maximum absolute atomic E-state index is 13.8. The molecule has 4 rings (SSSR count). The molecule has 1 aliphatic heterocycles. The molecule has 1 aliphatic carbocycles. The van der Waals surface area contributed by atoms with Crippen molar-refractivity contribution in [3.8, 4) is 11.5 Å². The van der Waals surface area contributed by atoms with Gasteiger partial charge in [-0.2, -0.15) is 0 Å². The van der Waals surface area contributed by atoms with Gasteiger partial charge in [0.2, 0.25) is 5.91 Å². The molecule has 0 aromatic heterocycles. The molecule has 2 N–H and O–H groups in total. The molecule has 2 atom stereocenters. The van der Waals surface area contributed by atoms with Gasteiger partial charge < -0.3 is 19.7 Å². The molecule has 5 nitrogen and oxygen atoms in total. The fourth-order valence-corrected chi connectivity index (χ4v) is 5.08. The Morgan fingerprint density at radius 2 is 1.87 bits per heavy atom. The lowest BCUT2D eigenvalue weighted by atomic mass is 9.91. The van der Waals surface area contributed by atoms with Crippen molar-refractivity contribution < 1.29 is 23.6 Å². The molecule has 1 unspecified atom stereocenters. The first-order chi connectivity index (χ1) is 15.1. The zero-order valence-electron chi connectivity index (χ0n) is 18.4. The van der Waals surface area contributed by atoms with Gasteiger partial charge >= 0.3 is 0 Å². The van der Waals surface area contributed by atoms with Crippen molar-refractivity contribution in [2.45, 2.75) is 44.7 Å². The van der Waals surface area contributed by atoms with Crippen molar-refractivity contribution in [3.63, 3.8) is 0 Å². The molecular formula is C25H32FN2O3+. The molecule has 0 bridgehead atoms. The molecule has 0 spiro atoms. The van der Waals surface area contributed by atoms with Crippen LogP contribution in [0.4, 0.5) is 4.39 Å². The molecule has 2 aliphatic rings. The number of carbonyl (C=O) groups excluding carboxylic acids is 1. The predicted molar refractivity (Wildman–Crippen MR) is 117 cm³/mol. The summed E-state index contributed by atoms with van der Waals surface area (Å²) in [7, 11) is 3.29. The number of benzene rings is 2. The van der Waals surface area contributed by atoms with E-state index in [2.05, 4.69) is 11.4 Å². The lowest BCUT2D eigenvalue weighted by Crippen LogP contribution is -3.12. The van der Waals surface area contributed by atoms with Crippen LogP contribution in [0.15, 0.2) is 36.4 Å². The van der Waals surface area contributed by atoms with Crippen molar-refractivity contribution in [2.24, 2.45) is 5.92 Å². The molecule has 2 aromatic rings. The topological polar surface area (TPSA) is 52.0 Å². The predicted octanol–water partition coefficient (Wildman–Crippen LogP) is 2.83. The van der Waals surface area contributed by atoms with Crippen LogP contribution in [0.3, 0.4) is 0 Å². The smallest absolute Gasteiger partial charge is 0.223 e. The normalized spacial score (nSPS) is 20.9. The number of carbonyl (C=O) groups is 1. The van der Waals surface area contributed by atoms with E-state index in [1.807, 2.05) is 12.1 Å². The van der Waals surface area contributed by atoms with E-state index < -0.39 is 0 Å². The van der Waals surface area contributed by atoms with E-state index in [4.69, 9.17) is 9.47 Å². The number of ether oxygens (including phenoxy) is 2. The third-order valence-corrected chi connectivity index (χ3v) is 6.76. The van der Waals surface area contributed by atoms with Crippen molar-refractivity contribution in [1.82, 2.24) is 5.32 Å². The van der Waals surface area contributed by atoms with Crippen LogP contribution in [0, 0.1) is 11.7 Å². The van der Waals surface area contributed by atoms with Crippen LogP contribution in [-0.4, -0.2) is 33.2 Å². The Kier molecular flexibility index (Phi) is 6.76. The second kappa shape index (κ2) is 9.69. The molecule has 1 fully saturated rings. The summed E-state index contributed by atoms with van der Waals surface area (Å²) in [5.41, 5.74) is 3.36. The second-order valence-electron chi connectivity index (χ2n) is 8.65. The minimum absolute atomic E-state index is 0.0668. The Balaban J connectivity index is 1.60. The summed E-state index contributed by atoms with van der Waals surface area (Å²) in [6.07, 6.45) is 5.14. The minimum Gasteiger partial charge on any atom is -0.493 e. The summed E-state index contributed by atoms with van der Waals surface area (Å²) in [6, 6.07) is 11.0. The maximum atomic E-state index is 13.8. The second-order valence-corrected chi connectivity index (χ2v) is 8.65. The highest BCUT2D eigenvalue weighted by Crippen LogP contribution is 2.34. The molecule has 1 heterocycles. The van der Waals surface area contributed by atoms with Gasteiger partial charge in [0.15, 0.2) is 11.5 Å². The average molecular weight is 428 g/mol. The molecule has 1 saturated carbocycles. The number of hydrogen-bond donors (Lipinski definition) is 2. The van der Waals surface area contributed by atoms with Gasteiger partial charge in [-0.15, -0.1) is 0 Å². The first kappa shape index (κ1) is 21.6. The number of nitrogens with one attached hydrogen (secondary N) is 2. The lowest BCUT2D eigenvalue weighted by Gasteiger charge is -2.35. The van der Waals surface area contributed by atoms with Crippen LogP contribution in [0.1, 0.15) is 48.4 Å². The van der Waals surface area contributed by atoms with Crippen LogP contribution < -0.4 is 19.7 Å². The summed E-state index contributed by atoms with van der Waals surface area (Å²) in [5.74, 6) is 1.51. The number of hydrogen-bond acceptors (Lipinski definition) is 3. The Morgan fingerprint density at radius 1 is 1.13 bits per heavy atom. The van der Waals surface area contributed by atoms with Gasteiger partial charge in [-0.3, -0.25) is 4.79 Å². The molecule has 1 amide bonds. The number of methoxy groups -OCH3 is 2. The summed E-state index contributed by atoms with van der Waals surface area (Å²) < 4.78 is 24.8. The number of fused-ring (bicyclic) bond motifs is 1. The molecule has 31 heavy (non-hydrogen) atoms. The monoisotopic (exact) mass is 427 g/mol. The highest BCUT2D eigenvalue weighted by Gasteiger charge is 2.34. The molecule has 2 aromatic carbocycles. The number of halogens is 1. The van der Waals surface area contributed by atoms with Crippen molar-refractivity contribution in [1.29, 1.82) is 0 Å². The summed E-state index contributed by atoms with van der Waals surface area (Å²) >= 11 is 0. The van der Waals surface area contributed by atoms with Crippen molar-refractivity contribution in [2.75, 3.05) is 27.3 Å². The fourth-order valence-electron chi connectivity index (χ4n) is 5.08. The van der Waals surface area contributed by atoms with Crippen LogP contribution >= 0.6 is 0 Å². The highest BCUT2D eigenvalue weighted by atomic mass is 19.1. The van der Waals surface area contributed by atoms with Crippen LogP contribution in [0.5, 0.6) is 11.5 Å². The van der Waals surface area contributed by atoms with Crippen LogP contribution in [0.25, 0.3) is 0 Å². The summed E-state index contributed by atoms with van der Waals surface area (Å²) in [6.45, 7) is 2.17. The standard InChI is InChI=1S/C25H31FN2O3/c1-30-23-13-19-10-11-28(16-17-6-5-9-20(26)12-17)22(21(19)14-24(23)31-2)15-27-25(29)18-7-3-4-8-18/h5-6,9,12-14,18,22H,3-4,7-8,10-11,15-16H2,1-2H3,(H,27,29)/p+1/t22-/m1/s1. The maximum Gasteiger partial charge on any atom is 0.223 e. The Morgan fingerprint density at radius 3 is 2.58 bits per heavy atom. The Bertz CT molecular complexity index is 927. The van der Waals surface area contributed by atoms with E-state index in [0.717, 1.165) is 50.0 Å². The minimum atomic E-state index is -0.216. The van der Waals surface area contributed by atoms with Crippen molar-refractivity contribution >= 4 is 5.91 Å². The highest BCUT2D eigenvalue weighted by molar-refractivity contribution is 5.78.